The highest BCUT2D eigenvalue weighted by molar-refractivity contribution is 5.76. The predicted molar refractivity (Wildman–Crippen MR) is 47.1 cm³/mol. The number of amides is 1. The number of nitrogens with zero attached hydrogens (tertiary/aromatic N) is 1. The molecule has 2 aliphatic rings. The standard InChI is InChI=1S/C9H15FN2O/c10-9(2-3-9)7-12-5-1-8(13)11-4-6-12/h1-7H2,(H,11,13). The number of hydrogen-bond acceptors (Lipinski definition) is 2. The second-order valence-corrected chi connectivity index (χ2v) is 4.03. The summed E-state index contributed by atoms with van der Waals surface area (Å²) in [4.78, 5) is 13.0. The number of halogens is 1. The van der Waals surface area contributed by atoms with Crippen molar-refractivity contribution in [1.82, 2.24) is 10.2 Å². The van der Waals surface area contributed by atoms with Crippen molar-refractivity contribution in [2.24, 2.45) is 0 Å². The molecule has 0 spiro atoms. The molecule has 0 aromatic heterocycles. The van der Waals surface area contributed by atoms with Crippen molar-refractivity contribution >= 4 is 5.91 Å². The molecule has 1 aliphatic heterocycles. The average Bonchev–Trinajstić information content (AvgIpc) is 2.81. The molecule has 3 nitrogen and oxygen atoms in total. The van der Waals surface area contributed by atoms with E-state index in [0.29, 0.717) is 38.9 Å². The summed E-state index contributed by atoms with van der Waals surface area (Å²) in [5.74, 6) is 0.0891. The van der Waals surface area contributed by atoms with Crippen LogP contribution in [-0.4, -0.2) is 42.7 Å². The van der Waals surface area contributed by atoms with E-state index in [9.17, 15) is 9.18 Å². The Morgan fingerprint density at radius 1 is 1.46 bits per heavy atom. The van der Waals surface area contributed by atoms with E-state index in [0.717, 1.165) is 6.54 Å². The van der Waals surface area contributed by atoms with Crippen molar-refractivity contribution in [1.29, 1.82) is 0 Å². The zero-order valence-corrected chi connectivity index (χ0v) is 7.68. The van der Waals surface area contributed by atoms with Crippen molar-refractivity contribution in [3.8, 4) is 0 Å². The highest BCUT2D eigenvalue weighted by Gasteiger charge is 2.44. The van der Waals surface area contributed by atoms with Gasteiger partial charge in [0, 0.05) is 32.6 Å². The SMILES string of the molecule is O=C1CCN(CC2(F)CC2)CCN1. The first-order chi connectivity index (χ1) is 6.18. The normalized spacial score (nSPS) is 27.9. The van der Waals surface area contributed by atoms with E-state index in [2.05, 4.69) is 5.32 Å². The van der Waals surface area contributed by atoms with Gasteiger partial charge in [-0.15, -0.1) is 0 Å². The topological polar surface area (TPSA) is 32.3 Å². The average molecular weight is 186 g/mol. The summed E-state index contributed by atoms with van der Waals surface area (Å²) in [6.07, 6.45) is 1.91. The second-order valence-electron chi connectivity index (χ2n) is 4.03. The van der Waals surface area contributed by atoms with Gasteiger partial charge >= 0.3 is 0 Å². The third-order valence-electron chi connectivity index (χ3n) is 2.70. The van der Waals surface area contributed by atoms with Gasteiger partial charge in [-0.25, -0.2) is 4.39 Å². The summed E-state index contributed by atoms with van der Waals surface area (Å²) in [7, 11) is 0. The minimum Gasteiger partial charge on any atom is -0.355 e. The van der Waals surface area contributed by atoms with Gasteiger partial charge in [0.1, 0.15) is 5.67 Å². The van der Waals surface area contributed by atoms with E-state index in [4.69, 9.17) is 0 Å². The van der Waals surface area contributed by atoms with Crippen LogP contribution >= 0.6 is 0 Å². The summed E-state index contributed by atoms with van der Waals surface area (Å²) in [5, 5.41) is 2.78. The Morgan fingerprint density at radius 3 is 2.92 bits per heavy atom. The van der Waals surface area contributed by atoms with Crippen molar-refractivity contribution in [2.45, 2.75) is 24.9 Å². The van der Waals surface area contributed by atoms with Gasteiger partial charge in [-0.05, 0) is 12.8 Å². The molecule has 0 atom stereocenters. The third kappa shape index (κ3) is 2.40. The minimum atomic E-state index is -0.923. The first-order valence-electron chi connectivity index (χ1n) is 4.86. The summed E-state index contributed by atoms with van der Waals surface area (Å²) in [6, 6.07) is 0. The van der Waals surface area contributed by atoms with Crippen molar-refractivity contribution in [3.05, 3.63) is 0 Å². The Morgan fingerprint density at radius 2 is 2.23 bits per heavy atom. The number of hydrogen-bond donors (Lipinski definition) is 1. The summed E-state index contributed by atoms with van der Waals surface area (Å²) in [6.45, 7) is 2.67. The molecule has 2 rings (SSSR count). The van der Waals surface area contributed by atoms with E-state index < -0.39 is 5.67 Å². The fraction of sp³-hybridized carbons (Fsp3) is 0.889. The van der Waals surface area contributed by atoms with Gasteiger partial charge in [0.15, 0.2) is 0 Å². The van der Waals surface area contributed by atoms with Gasteiger partial charge in [0.05, 0.1) is 0 Å². The lowest BCUT2D eigenvalue weighted by molar-refractivity contribution is -0.120. The molecule has 1 N–H and O–H groups in total. The molecule has 74 valence electrons. The third-order valence-corrected chi connectivity index (χ3v) is 2.70. The molecule has 0 radical (unpaired) electrons. The summed E-state index contributed by atoms with van der Waals surface area (Å²) in [5.41, 5.74) is -0.923. The molecule has 0 bridgehead atoms. The van der Waals surface area contributed by atoms with Crippen molar-refractivity contribution < 1.29 is 9.18 Å². The molecule has 4 heteroatoms. The molecule has 13 heavy (non-hydrogen) atoms. The maximum atomic E-state index is 13.4. The lowest BCUT2D eigenvalue weighted by atomic mass is 10.3. The lowest BCUT2D eigenvalue weighted by Crippen LogP contribution is -2.34. The monoisotopic (exact) mass is 186 g/mol. The Bertz CT molecular complexity index is 216. The number of nitrogens with one attached hydrogen (secondary N) is 1. The molecule has 1 amide bonds. The van der Waals surface area contributed by atoms with Crippen LogP contribution in [0, 0.1) is 0 Å². The van der Waals surface area contributed by atoms with Crippen LogP contribution in [0.5, 0.6) is 0 Å². The minimum absolute atomic E-state index is 0.0891. The quantitative estimate of drug-likeness (QED) is 0.673. The molecule has 1 saturated carbocycles. The Labute approximate surface area is 77.3 Å². The van der Waals surface area contributed by atoms with Gasteiger partial charge < -0.3 is 5.32 Å². The van der Waals surface area contributed by atoms with E-state index in [1.165, 1.54) is 0 Å². The highest BCUT2D eigenvalue weighted by Crippen LogP contribution is 2.40. The van der Waals surface area contributed by atoms with Gasteiger partial charge in [-0.2, -0.15) is 0 Å². The van der Waals surface area contributed by atoms with E-state index in [-0.39, 0.29) is 5.91 Å². The zero-order chi connectivity index (χ0) is 9.31. The van der Waals surface area contributed by atoms with Gasteiger partial charge in [0.2, 0.25) is 5.91 Å². The number of carbonyl (C=O) groups excluding carboxylic acids is 1. The Hall–Kier alpha value is -0.640. The number of carbonyl (C=O) groups is 1. The van der Waals surface area contributed by atoms with Crippen molar-refractivity contribution in [2.75, 3.05) is 26.2 Å². The van der Waals surface area contributed by atoms with Crippen LogP contribution in [0.2, 0.25) is 0 Å². The Kier molecular flexibility index (Phi) is 2.24. The van der Waals surface area contributed by atoms with Crippen LogP contribution in [0.25, 0.3) is 0 Å². The van der Waals surface area contributed by atoms with Crippen LogP contribution < -0.4 is 5.32 Å². The van der Waals surface area contributed by atoms with Crippen LogP contribution in [0.4, 0.5) is 4.39 Å². The smallest absolute Gasteiger partial charge is 0.221 e. The molecule has 0 aromatic rings. The van der Waals surface area contributed by atoms with Crippen LogP contribution in [0.1, 0.15) is 19.3 Å². The fourth-order valence-electron chi connectivity index (χ4n) is 1.67. The maximum Gasteiger partial charge on any atom is 0.221 e. The van der Waals surface area contributed by atoms with Gasteiger partial charge in [-0.1, -0.05) is 0 Å². The molecule has 0 aromatic carbocycles. The largest absolute Gasteiger partial charge is 0.355 e. The maximum absolute atomic E-state index is 13.4. The first-order valence-corrected chi connectivity index (χ1v) is 4.86. The van der Waals surface area contributed by atoms with Gasteiger partial charge in [0.25, 0.3) is 0 Å². The lowest BCUT2D eigenvalue weighted by Gasteiger charge is -2.20. The number of rotatable bonds is 2. The zero-order valence-electron chi connectivity index (χ0n) is 7.68. The molecule has 1 aliphatic carbocycles. The summed E-state index contributed by atoms with van der Waals surface area (Å²) < 4.78 is 13.4. The molecular weight excluding hydrogens is 171 g/mol. The number of alkyl halides is 1. The fourth-order valence-corrected chi connectivity index (χ4v) is 1.67. The van der Waals surface area contributed by atoms with Crippen LogP contribution in [-0.2, 0) is 4.79 Å². The molecule has 2 fully saturated rings. The second kappa shape index (κ2) is 3.25. The molecule has 1 saturated heterocycles. The summed E-state index contributed by atoms with van der Waals surface area (Å²) >= 11 is 0. The van der Waals surface area contributed by atoms with Crippen LogP contribution in [0.15, 0.2) is 0 Å². The predicted octanol–water partition coefficient (Wildman–Crippen LogP) is 0.310. The van der Waals surface area contributed by atoms with Crippen molar-refractivity contribution in [3.63, 3.8) is 0 Å². The van der Waals surface area contributed by atoms with Gasteiger partial charge in [-0.3, -0.25) is 9.69 Å². The Balaban J connectivity index is 1.82. The van der Waals surface area contributed by atoms with E-state index in [1.807, 2.05) is 4.90 Å². The first kappa shape index (κ1) is 8.94. The van der Waals surface area contributed by atoms with Crippen LogP contribution in [0.3, 0.4) is 0 Å². The molecular formula is C9H15FN2O. The molecule has 0 unspecified atom stereocenters. The molecule has 1 heterocycles. The van der Waals surface area contributed by atoms with E-state index >= 15 is 0 Å². The highest BCUT2D eigenvalue weighted by atomic mass is 19.1. The van der Waals surface area contributed by atoms with E-state index in [1.54, 1.807) is 0 Å².